The van der Waals surface area contributed by atoms with Gasteiger partial charge in [-0.2, -0.15) is 9.40 Å². The molecule has 0 aliphatic carbocycles. The zero-order chi connectivity index (χ0) is 14.8. The van der Waals surface area contributed by atoms with Crippen LogP contribution in [0.3, 0.4) is 0 Å². The number of aromatic nitrogens is 2. The van der Waals surface area contributed by atoms with Gasteiger partial charge >= 0.3 is 0 Å². The molecule has 0 aromatic carbocycles. The molecule has 0 saturated heterocycles. The Balaban J connectivity index is 3.06. The monoisotopic (exact) mass is 290 g/mol. The van der Waals surface area contributed by atoms with Crippen molar-refractivity contribution in [1.29, 1.82) is 0 Å². The molecule has 110 valence electrons. The third-order valence-electron chi connectivity index (χ3n) is 2.51. The lowest BCUT2D eigenvalue weighted by atomic mass is 10.1. The van der Waals surface area contributed by atoms with E-state index >= 15 is 0 Å². The molecule has 1 aromatic heterocycles. The highest BCUT2D eigenvalue weighted by Crippen LogP contribution is 2.21. The van der Waals surface area contributed by atoms with Gasteiger partial charge in [0.15, 0.2) is 5.82 Å². The van der Waals surface area contributed by atoms with E-state index in [4.69, 9.17) is 5.73 Å². The van der Waals surface area contributed by atoms with Crippen molar-refractivity contribution in [2.75, 3.05) is 19.3 Å². The number of hydrogen-bond donors (Lipinski definition) is 2. The fourth-order valence-electron chi connectivity index (χ4n) is 1.76. The largest absolute Gasteiger partial charge is 0.389 e. The summed E-state index contributed by atoms with van der Waals surface area (Å²) in [4.78, 5) is -0.0206. The summed E-state index contributed by atoms with van der Waals surface area (Å²) in [6.45, 7) is 5.64. The molecule has 0 spiro atoms. The number of aliphatic hydroxyl groups is 1. The first-order valence-electron chi connectivity index (χ1n) is 6.09. The van der Waals surface area contributed by atoms with Crippen molar-refractivity contribution < 1.29 is 13.5 Å². The number of nitrogens with zero attached hydrogens (tertiary/aromatic N) is 3. The highest BCUT2D eigenvalue weighted by molar-refractivity contribution is 7.89. The number of sulfonamides is 1. The van der Waals surface area contributed by atoms with Crippen LogP contribution in [0.2, 0.25) is 0 Å². The van der Waals surface area contributed by atoms with Crippen molar-refractivity contribution in [3.05, 3.63) is 6.20 Å². The second kappa shape index (κ2) is 5.48. The van der Waals surface area contributed by atoms with Crippen LogP contribution in [0.15, 0.2) is 11.1 Å². The van der Waals surface area contributed by atoms with Crippen LogP contribution < -0.4 is 5.73 Å². The molecule has 1 heterocycles. The number of nitrogens with two attached hydrogens (primary N) is 1. The summed E-state index contributed by atoms with van der Waals surface area (Å²) in [5.74, 6) is -0.0176. The molecule has 0 radical (unpaired) electrons. The van der Waals surface area contributed by atoms with Gasteiger partial charge in [0, 0.05) is 26.3 Å². The fourth-order valence-corrected chi connectivity index (χ4v) is 3.14. The molecule has 8 heteroatoms. The summed E-state index contributed by atoms with van der Waals surface area (Å²) in [5.41, 5.74) is 4.54. The summed E-state index contributed by atoms with van der Waals surface area (Å²) in [6.07, 6.45) is 2.26. The normalized spacial score (nSPS) is 13.2. The first-order valence-corrected chi connectivity index (χ1v) is 7.53. The molecule has 3 N–H and O–H groups in total. The summed E-state index contributed by atoms with van der Waals surface area (Å²) in [5, 5.41) is 13.7. The van der Waals surface area contributed by atoms with E-state index < -0.39 is 15.6 Å². The molecule has 0 aliphatic heterocycles. The van der Waals surface area contributed by atoms with E-state index in [-0.39, 0.29) is 17.3 Å². The molecule has 0 aliphatic rings. The van der Waals surface area contributed by atoms with E-state index in [1.807, 2.05) is 6.92 Å². The average molecular weight is 290 g/mol. The van der Waals surface area contributed by atoms with Crippen LogP contribution in [-0.4, -0.2) is 46.8 Å². The number of rotatable bonds is 6. The lowest BCUT2D eigenvalue weighted by Gasteiger charge is -2.24. The highest BCUT2D eigenvalue weighted by Gasteiger charge is 2.29. The van der Waals surface area contributed by atoms with Crippen LogP contribution in [0, 0.1) is 0 Å². The summed E-state index contributed by atoms with van der Waals surface area (Å²) in [7, 11) is -2.33. The Labute approximate surface area is 114 Å². The molecule has 0 saturated carbocycles. The van der Waals surface area contributed by atoms with Gasteiger partial charge in [-0.15, -0.1) is 0 Å². The van der Waals surface area contributed by atoms with E-state index in [9.17, 15) is 13.5 Å². The third kappa shape index (κ3) is 3.92. The molecule has 0 atom stereocenters. The zero-order valence-corrected chi connectivity index (χ0v) is 12.6. The van der Waals surface area contributed by atoms with Crippen molar-refractivity contribution >= 4 is 15.8 Å². The van der Waals surface area contributed by atoms with Gasteiger partial charge in [0.25, 0.3) is 0 Å². The van der Waals surface area contributed by atoms with E-state index in [0.717, 1.165) is 10.7 Å². The van der Waals surface area contributed by atoms with Crippen LogP contribution in [0.4, 0.5) is 5.82 Å². The minimum Gasteiger partial charge on any atom is -0.389 e. The highest BCUT2D eigenvalue weighted by atomic mass is 32.2. The maximum atomic E-state index is 12.3. The smallest absolute Gasteiger partial charge is 0.248 e. The lowest BCUT2D eigenvalue weighted by molar-refractivity contribution is 0.0640. The molecular weight excluding hydrogens is 268 g/mol. The predicted octanol–water partition coefficient (Wildman–Crippen LogP) is 0.267. The minimum atomic E-state index is -3.74. The van der Waals surface area contributed by atoms with Crippen LogP contribution in [0.1, 0.15) is 27.2 Å². The van der Waals surface area contributed by atoms with Crippen molar-refractivity contribution in [3.8, 4) is 0 Å². The van der Waals surface area contributed by atoms with E-state index in [1.54, 1.807) is 13.8 Å². The maximum absolute atomic E-state index is 12.3. The number of nitrogen functional groups attached to an aromatic ring is 1. The van der Waals surface area contributed by atoms with Crippen LogP contribution in [-0.2, 0) is 16.6 Å². The van der Waals surface area contributed by atoms with E-state index in [2.05, 4.69) is 5.10 Å². The number of aryl methyl sites for hydroxylation is 1. The molecule has 1 aromatic rings. The molecule has 7 nitrogen and oxygen atoms in total. The first kappa shape index (κ1) is 15.9. The molecule has 0 bridgehead atoms. The summed E-state index contributed by atoms with van der Waals surface area (Å²) >= 11 is 0. The first-order chi connectivity index (χ1) is 8.58. The fraction of sp³-hybridized carbons (Fsp3) is 0.727. The Morgan fingerprint density at radius 3 is 2.58 bits per heavy atom. The Bertz CT molecular complexity index is 531. The number of anilines is 1. The van der Waals surface area contributed by atoms with Gasteiger partial charge in [0.05, 0.1) is 5.60 Å². The molecule has 0 unspecified atom stereocenters. The SMILES string of the molecule is CCCn1cc(S(=O)(=O)N(C)CC(C)(C)O)c(N)n1. The number of hydrogen-bond acceptors (Lipinski definition) is 5. The van der Waals surface area contributed by atoms with E-state index in [1.165, 1.54) is 17.9 Å². The minimum absolute atomic E-state index is 0.0176. The third-order valence-corrected chi connectivity index (χ3v) is 4.33. The van der Waals surface area contributed by atoms with Crippen LogP contribution in [0.5, 0.6) is 0 Å². The predicted molar refractivity (Wildman–Crippen MR) is 73.0 cm³/mol. The van der Waals surface area contributed by atoms with Gasteiger partial charge in [-0.05, 0) is 20.3 Å². The van der Waals surface area contributed by atoms with Crippen molar-refractivity contribution in [1.82, 2.24) is 14.1 Å². The lowest BCUT2D eigenvalue weighted by Crippen LogP contribution is -2.39. The Kier molecular flexibility index (Phi) is 4.59. The molecule has 1 rings (SSSR count). The Morgan fingerprint density at radius 2 is 2.11 bits per heavy atom. The van der Waals surface area contributed by atoms with E-state index in [0.29, 0.717) is 6.54 Å². The molecule has 19 heavy (non-hydrogen) atoms. The molecule has 0 amide bonds. The Hall–Kier alpha value is -1.12. The second-order valence-corrected chi connectivity index (χ2v) is 7.23. The van der Waals surface area contributed by atoms with Crippen LogP contribution in [0.25, 0.3) is 0 Å². The van der Waals surface area contributed by atoms with Gasteiger partial charge in [0.1, 0.15) is 4.90 Å². The van der Waals surface area contributed by atoms with Gasteiger partial charge in [-0.3, -0.25) is 4.68 Å². The van der Waals surface area contributed by atoms with Gasteiger partial charge in [0.2, 0.25) is 10.0 Å². The summed E-state index contributed by atoms with van der Waals surface area (Å²) in [6, 6.07) is 0. The number of likely N-dealkylation sites (N-methyl/N-ethyl adjacent to an activating group) is 1. The van der Waals surface area contributed by atoms with Gasteiger partial charge < -0.3 is 10.8 Å². The average Bonchev–Trinajstić information content (AvgIpc) is 2.58. The molecular formula is C11H22N4O3S. The van der Waals surface area contributed by atoms with Crippen LogP contribution >= 0.6 is 0 Å². The van der Waals surface area contributed by atoms with Gasteiger partial charge in [-0.25, -0.2) is 8.42 Å². The maximum Gasteiger partial charge on any atom is 0.248 e. The standard InChI is InChI=1S/C11H22N4O3S/c1-5-6-15-7-9(10(12)13-15)19(17,18)14(4)8-11(2,3)16/h7,16H,5-6,8H2,1-4H3,(H2,12,13). The summed E-state index contributed by atoms with van der Waals surface area (Å²) < 4.78 is 27.3. The zero-order valence-electron chi connectivity index (χ0n) is 11.8. The second-order valence-electron chi connectivity index (χ2n) is 5.22. The van der Waals surface area contributed by atoms with Gasteiger partial charge in [-0.1, -0.05) is 6.92 Å². The quantitative estimate of drug-likeness (QED) is 0.783. The van der Waals surface area contributed by atoms with Crippen molar-refractivity contribution in [3.63, 3.8) is 0 Å². The van der Waals surface area contributed by atoms with Crippen molar-refractivity contribution in [2.45, 2.75) is 44.2 Å². The molecule has 0 fully saturated rings. The van der Waals surface area contributed by atoms with Crippen molar-refractivity contribution in [2.24, 2.45) is 0 Å². The Morgan fingerprint density at radius 1 is 1.53 bits per heavy atom. The topological polar surface area (TPSA) is 101 Å².